The Labute approximate surface area is 121 Å². The summed E-state index contributed by atoms with van der Waals surface area (Å²) in [6.07, 6.45) is -3.75. The minimum atomic E-state index is -4.51. The third kappa shape index (κ3) is 3.18. The molecule has 2 rings (SSSR count). The maximum atomic E-state index is 12.7. The number of nitrogens with two attached hydrogens (primary N) is 1. The first-order chi connectivity index (χ1) is 9.74. The summed E-state index contributed by atoms with van der Waals surface area (Å²) < 4.78 is 38.2. The lowest BCUT2D eigenvalue weighted by molar-refractivity contribution is -0.137. The molecule has 0 bridgehead atoms. The Kier molecular flexibility index (Phi) is 4.22. The molecule has 1 aromatic heterocycles. The minimum absolute atomic E-state index is 0.00898. The van der Waals surface area contributed by atoms with Gasteiger partial charge in [-0.3, -0.25) is 9.78 Å². The number of rotatable bonds is 2. The van der Waals surface area contributed by atoms with Crippen LogP contribution >= 0.6 is 0 Å². The Morgan fingerprint density at radius 3 is 2.67 bits per heavy atom. The molecule has 2 unspecified atom stereocenters. The lowest BCUT2D eigenvalue weighted by Gasteiger charge is -2.18. The Hall–Kier alpha value is -1.63. The molecule has 0 radical (unpaired) electrons. The number of carbonyl (C=O) groups excluding carboxylic acids is 1. The van der Waals surface area contributed by atoms with Gasteiger partial charge in [0.25, 0.3) is 5.91 Å². The molecule has 2 N–H and O–H groups in total. The first-order valence-corrected chi connectivity index (χ1v) is 6.77. The van der Waals surface area contributed by atoms with Gasteiger partial charge in [0.15, 0.2) is 0 Å². The summed E-state index contributed by atoms with van der Waals surface area (Å²) in [5.41, 5.74) is 5.05. The molecule has 2 heterocycles. The molecular weight excluding hydrogens is 283 g/mol. The zero-order valence-corrected chi connectivity index (χ0v) is 11.9. The number of amides is 1. The SMILES string of the molecule is Cc1ncc(C(F)(F)F)cc1C(=O)N1CC(C)C(CN)C1. The van der Waals surface area contributed by atoms with Gasteiger partial charge in [0.05, 0.1) is 16.8 Å². The van der Waals surface area contributed by atoms with Crippen molar-refractivity contribution >= 4 is 5.91 Å². The molecule has 1 fully saturated rings. The van der Waals surface area contributed by atoms with E-state index in [4.69, 9.17) is 5.73 Å². The van der Waals surface area contributed by atoms with Crippen molar-refractivity contribution in [1.82, 2.24) is 9.88 Å². The lowest BCUT2D eigenvalue weighted by Crippen LogP contribution is -2.31. The van der Waals surface area contributed by atoms with Crippen molar-refractivity contribution in [3.63, 3.8) is 0 Å². The zero-order chi connectivity index (χ0) is 15.8. The van der Waals surface area contributed by atoms with Crippen molar-refractivity contribution in [2.24, 2.45) is 17.6 Å². The Morgan fingerprint density at radius 2 is 2.14 bits per heavy atom. The van der Waals surface area contributed by atoms with Crippen LogP contribution in [0.1, 0.15) is 28.5 Å². The summed E-state index contributed by atoms with van der Waals surface area (Å²) >= 11 is 0. The fraction of sp³-hybridized carbons (Fsp3) is 0.571. The molecule has 21 heavy (non-hydrogen) atoms. The summed E-state index contributed by atoms with van der Waals surface area (Å²) in [5, 5.41) is 0. The highest BCUT2D eigenvalue weighted by Crippen LogP contribution is 2.31. The van der Waals surface area contributed by atoms with E-state index in [9.17, 15) is 18.0 Å². The molecule has 0 aliphatic carbocycles. The molecule has 116 valence electrons. The Morgan fingerprint density at radius 1 is 1.48 bits per heavy atom. The maximum Gasteiger partial charge on any atom is 0.417 e. The summed E-state index contributed by atoms with van der Waals surface area (Å²) in [7, 11) is 0. The van der Waals surface area contributed by atoms with Gasteiger partial charge in [-0.1, -0.05) is 6.92 Å². The van der Waals surface area contributed by atoms with Gasteiger partial charge in [-0.25, -0.2) is 0 Å². The topological polar surface area (TPSA) is 59.2 Å². The molecule has 2 atom stereocenters. The maximum absolute atomic E-state index is 12.7. The number of likely N-dealkylation sites (tertiary alicyclic amines) is 1. The van der Waals surface area contributed by atoms with Crippen molar-refractivity contribution in [1.29, 1.82) is 0 Å². The number of carbonyl (C=O) groups is 1. The predicted octanol–water partition coefficient (Wildman–Crippen LogP) is 2.08. The predicted molar refractivity (Wildman–Crippen MR) is 71.6 cm³/mol. The second kappa shape index (κ2) is 5.63. The highest BCUT2D eigenvalue weighted by Gasteiger charge is 2.35. The van der Waals surface area contributed by atoms with E-state index in [0.29, 0.717) is 25.3 Å². The summed E-state index contributed by atoms with van der Waals surface area (Å²) in [5.74, 6) is 0.0277. The van der Waals surface area contributed by atoms with Crippen LogP contribution in [-0.4, -0.2) is 35.4 Å². The van der Waals surface area contributed by atoms with Crippen molar-refractivity contribution in [2.45, 2.75) is 20.0 Å². The fourth-order valence-corrected chi connectivity index (χ4v) is 2.58. The van der Waals surface area contributed by atoms with E-state index in [0.717, 1.165) is 12.3 Å². The summed E-state index contributed by atoms with van der Waals surface area (Å²) in [4.78, 5) is 17.7. The van der Waals surface area contributed by atoms with E-state index in [-0.39, 0.29) is 17.4 Å². The fourth-order valence-electron chi connectivity index (χ4n) is 2.58. The largest absolute Gasteiger partial charge is 0.417 e. The number of aryl methyl sites for hydroxylation is 1. The van der Waals surface area contributed by atoms with Crippen LogP contribution in [-0.2, 0) is 6.18 Å². The third-order valence-corrected chi connectivity index (χ3v) is 4.00. The van der Waals surface area contributed by atoms with E-state index < -0.39 is 17.6 Å². The van der Waals surface area contributed by atoms with E-state index in [1.165, 1.54) is 6.92 Å². The van der Waals surface area contributed by atoms with Crippen LogP contribution < -0.4 is 5.73 Å². The van der Waals surface area contributed by atoms with Gasteiger partial charge in [0.1, 0.15) is 0 Å². The number of hydrogen-bond donors (Lipinski definition) is 1. The average Bonchev–Trinajstić information content (AvgIpc) is 2.78. The highest BCUT2D eigenvalue weighted by molar-refractivity contribution is 5.95. The molecular formula is C14H18F3N3O. The number of alkyl halides is 3. The molecule has 4 nitrogen and oxygen atoms in total. The van der Waals surface area contributed by atoms with E-state index in [1.807, 2.05) is 6.92 Å². The van der Waals surface area contributed by atoms with Crippen LogP contribution in [0, 0.1) is 18.8 Å². The standard InChI is InChI=1S/C14H18F3N3O/c1-8-6-20(7-10(8)4-18)13(21)12-3-11(14(15,16)17)5-19-9(12)2/h3,5,8,10H,4,6-7,18H2,1-2H3. The number of halogens is 3. The van der Waals surface area contributed by atoms with Gasteiger partial charge < -0.3 is 10.6 Å². The van der Waals surface area contributed by atoms with Gasteiger partial charge in [-0.15, -0.1) is 0 Å². The van der Waals surface area contributed by atoms with Crippen LogP contribution in [0.4, 0.5) is 13.2 Å². The summed E-state index contributed by atoms with van der Waals surface area (Å²) in [6.45, 7) is 4.97. The van der Waals surface area contributed by atoms with Crippen molar-refractivity contribution in [2.75, 3.05) is 19.6 Å². The van der Waals surface area contributed by atoms with Crippen molar-refractivity contribution in [3.8, 4) is 0 Å². The third-order valence-electron chi connectivity index (χ3n) is 4.00. The van der Waals surface area contributed by atoms with Gasteiger partial charge in [0.2, 0.25) is 0 Å². The van der Waals surface area contributed by atoms with Gasteiger partial charge in [-0.05, 0) is 31.4 Å². The van der Waals surface area contributed by atoms with Gasteiger partial charge >= 0.3 is 6.18 Å². The quantitative estimate of drug-likeness (QED) is 0.910. The van der Waals surface area contributed by atoms with Crippen LogP contribution in [0.15, 0.2) is 12.3 Å². The highest BCUT2D eigenvalue weighted by atomic mass is 19.4. The number of aromatic nitrogens is 1. The number of pyridine rings is 1. The second-order valence-electron chi connectivity index (χ2n) is 5.54. The molecule has 1 aromatic rings. The molecule has 1 aliphatic heterocycles. The number of nitrogens with zero attached hydrogens (tertiary/aromatic N) is 2. The first kappa shape index (κ1) is 15.8. The molecule has 0 aromatic carbocycles. The van der Waals surface area contributed by atoms with Crippen LogP contribution in [0.25, 0.3) is 0 Å². The molecule has 1 amide bonds. The van der Waals surface area contributed by atoms with E-state index in [1.54, 1.807) is 4.90 Å². The van der Waals surface area contributed by atoms with Crippen LogP contribution in [0.3, 0.4) is 0 Å². The normalized spacial score (nSPS) is 22.7. The summed E-state index contributed by atoms with van der Waals surface area (Å²) in [6, 6.07) is 0.880. The van der Waals surface area contributed by atoms with Crippen LogP contribution in [0.2, 0.25) is 0 Å². The molecule has 1 aliphatic rings. The van der Waals surface area contributed by atoms with Gasteiger partial charge in [-0.2, -0.15) is 13.2 Å². The van der Waals surface area contributed by atoms with Crippen molar-refractivity contribution in [3.05, 3.63) is 29.1 Å². The second-order valence-corrected chi connectivity index (χ2v) is 5.54. The number of hydrogen-bond acceptors (Lipinski definition) is 3. The van der Waals surface area contributed by atoms with Crippen LogP contribution in [0.5, 0.6) is 0 Å². The first-order valence-electron chi connectivity index (χ1n) is 6.77. The molecule has 0 spiro atoms. The molecule has 1 saturated heterocycles. The minimum Gasteiger partial charge on any atom is -0.338 e. The lowest BCUT2D eigenvalue weighted by atomic mass is 9.99. The van der Waals surface area contributed by atoms with E-state index in [2.05, 4.69) is 4.98 Å². The molecule has 0 saturated carbocycles. The molecule has 7 heteroatoms. The smallest absolute Gasteiger partial charge is 0.338 e. The monoisotopic (exact) mass is 301 g/mol. The van der Waals surface area contributed by atoms with Gasteiger partial charge in [0, 0.05) is 19.3 Å². The Bertz CT molecular complexity index is 545. The van der Waals surface area contributed by atoms with Crippen molar-refractivity contribution < 1.29 is 18.0 Å². The zero-order valence-electron chi connectivity index (χ0n) is 11.9. The Balaban J connectivity index is 2.28. The van der Waals surface area contributed by atoms with E-state index >= 15 is 0 Å². The average molecular weight is 301 g/mol.